The molecule has 122 valence electrons. The van der Waals surface area contributed by atoms with E-state index < -0.39 is 12.1 Å². The molecular formula is C18H16N2O3S. The maximum absolute atomic E-state index is 12.4. The maximum Gasteiger partial charge on any atom is 0.349 e. The largest absolute Gasteiger partial charge is 0.450 e. The molecule has 0 amide bonds. The van der Waals surface area contributed by atoms with Gasteiger partial charge in [-0.3, -0.25) is 4.79 Å². The number of rotatable bonds is 3. The first-order valence-electron chi connectivity index (χ1n) is 7.92. The number of ketones is 1. The second-order valence-corrected chi connectivity index (χ2v) is 6.95. The molecule has 1 aliphatic rings. The van der Waals surface area contributed by atoms with Gasteiger partial charge in [0.2, 0.25) is 0 Å². The number of esters is 1. The summed E-state index contributed by atoms with van der Waals surface area (Å²) < 4.78 is 7.23. The van der Waals surface area contributed by atoms with E-state index in [-0.39, 0.29) is 5.78 Å². The van der Waals surface area contributed by atoms with E-state index in [1.165, 1.54) is 11.3 Å². The van der Waals surface area contributed by atoms with E-state index in [0.717, 1.165) is 28.0 Å². The van der Waals surface area contributed by atoms with E-state index in [1.807, 2.05) is 48.0 Å². The predicted molar refractivity (Wildman–Crippen MR) is 91.7 cm³/mol. The average Bonchev–Trinajstić information content (AvgIpc) is 3.26. The summed E-state index contributed by atoms with van der Waals surface area (Å²) in [5.41, 5.74) is 1.81. The molecule has 24 heavy (non-hydrogen) atoms. The van der Waals surface area contributed by atoms with Crippen LogP contribution in [0.15, 0.2) is 36.4 Å². The molecule has 3 aromatic rings. The number of nitrogens with zero attached hydrogens (tertiary/aromatic N) is 2. The zero-order chi connectivity index (χ0) is 16.7. The first kappa shape index (κ1) is 15.1. The number of carbonyl (C=O) groups excluding carboxylic acids is 2. The Morgan fingerprint density at radius 3 is 2.83 bits per heavy atom. The first-order valence-corrected chi connectivity index (χ1v) is 8.73. The second-order valence-electron chi connectivity index (χ2n) is 5.91. The van der Waals surface area contributed by atoms with E-state index in [0.29, 0.717) is 17.7 Å². The van der Waals surface area contributed by atoms with Gasteiger partial charge in [0, 0.05) is 11.8 Å². The number of aryl methyl sites for hydroxylation is 1. The van der Waals surface area contributed by atoms with Crippen molar-refractivity contribution in [2.24, 2.45) is 0 Å². The van der Waals surface area contributed by atoms with Crippen molar-refractivity contribution in [3.8, 4) is 5.69 Å². The molecule has 5 nitrogen and oxygen atoms in total. The molecule has 0 N–H and O–H groups in total. The average molecular weight is 340 g/mol. The number of aromatic nitrogens is 2. The van der Waals surface area contributed by atoms with Crippen molar-refractivity contribution in [3.05, 3.63) is 47.0 Å². The Morgan fingerprint density at radius 1 is 1.33 bits per heavy atom. The Kier molecular flexibility index (Phi) is 3.69. The van der Waals surface area contributed by atoms with Gasteiger partial charge in [-0.05, 0) is 38.0 Å². The molecule has 1 aliphatic carbocycles. The minimum Gasteiger partial charge on any atom is -0.450 e. The molecule has 0 aliphatic heterocycles. The lowest BCUT2D eigenvalue weighted by molar-refractivity contribution is -0.124. The van der Waals surface area contributed by atoms with Crippen LogP contribution in [0.4, 0.5) is 0 Å². The van der Waals surface area contributed by atoms with Crippen LogP contribution in [0.5, 0.6) is 0 Å². The molecule has 0 spiro atoms. The summed E-state index contributed by atoms with van der Waals surface area (Å²) in [6, 6.07) is 11.6. The monoisotopic (exact) mass is 340 g/mol. The van der Waals surface area contributed by atoms with Gasteiger partial charge in [-0.15, -0.1) is 11.3 Å². The van der Waals surface area contributed by atoms with Crippen LogP contribution < -0.4 is 0 Å². The van der Waals surface area contributed by atoms with Crippen LogP contribution in [0, 0.1) is 6.92 Å². The molecule has 2 heterocycles. The van der Waals surface area contributed by atoms with E-state index in [9.17, 15) is 9.59 Å². The van der Waals surface area contributed by atoms with Gasteiger partial charge >= 0.3 is 5.97 Å². The summed E-state index contributed by atoms with van der Waals surface area (Å²) in [6.45, 7) is 1.92. The van der Waals surface area contributed by atoms with Gasteiger partial charge in [-0.25, -0.2) is 9.48 Å². The van der Waals surface area contributed by atoms with Gasteiger partial charge in [-0.2, -0.15) is 5.10 Å². The lowest BCUT2D eigenvalue weighted by Crippen LogP contribution is -2.21. The Hall–Kier alpha value is -2.47. The van der Waals surface area contributed by atoms with Crippen molar-refractivity contribution in [2.75, 3.05) is 0 Å². The van der Waals surface area contributed by atoms with Gasteiger partial charge in [0.25, 0.3) is 0 Å². The van der Waals surface area contributed by atoms with E-state index in [4.69, 9.17) is 4.74 Å². The second kappa shape index (κ2) is 5.87. The molecule has 6 heteroatoms. The molecule has 1 aromatic carbocycles. The molecule has 1 unspecified atom stereocenters. The topological polar surface area (TPSA) is 61.2 Å². The van der Waals surface area contributed by atoms with Crippen LogP contribution >= 0.6 is 11.3 Å². The number of hydrogen-bond acceptors (Lipinski definition) is 5. The number of fused-ring (bicyclic) bond motifs is 1. The highest BCUT2D eigenvalue weighted by atomic mass is 32.1. The predicted octanol–water partition coefficient (Wildman–Crippen LogP) is 3.67. The van der Waals surface area contributed by atoms with Gasteiger partial charge < -0.3 is 4.74 Å². The summed E-state index contributed by atoms with van der Waals surface area (Å²) >= 11 is 1.35. The number of para-hydroxylation sites is 1. The summed E-state index contributed by atoms with van der Waals surface area (Å²) in [5, 5.41) is 5.50. The summed E-state index contributed by atoms with van der Waals surface area (Å²) in [6.07, 6.45) is 1.36. The fraction of sp³-hybridized carbons (Fsp3) is 0.278. The van der Waals surface area contributed by atoms with Gasteiger partial charge in [0.05, 0.1) is 11.4 Å². The van der Waals surface area contributed by atoms with Crippen LogP contribution in [0.3, 0.4) is 0 Å². The standard InChI is InChI=1S/C18H16N2O3S/c1-11-13-10-16(18(22)23-15-9-5-8-14(15)21)24-17(13)20(19-11)12-6-3-2-4-7-12/h2-4,6-7,10,15H,5,8-9H2,1H3. The molecule has 0 radical (unpaired) electrons. The summed E-state index contributed by atoms with van der Waals surface area (Å²) in [5.74, 6) is -0.397. The molecule has 2 aromatic heterocycles. The number of hydrogen-bond donors (Lipinski definition) is 0. The minimum absolute atomic E-state index is 0.0242. The van der Waals surface area contributed by atoms with E-state index in [2.05, 4.69) is 5.10 Å². The third-order valence-electron chi connectivity index (χ3n) is 4.24. The lowest BCUT2D eigenvalue weighted by Gasteiger charge is -2.08. The van der Waals surface area contributed by atoms with Crippen LogP contribution in [0.2, 0.25) is 0 Å². The van der Waals surface area contributed by atoms with Crippen LogP contribution in [-0.2, 0) is 9.53 Å². The molecule has 4 rings (SSSR count). The SMILES string of the molecule is Cc1nn(-c2ccccc2)c2sc(C(=O)OC3CCCC3=O)cc12. The van der Waals surface area contributed by atoms with E-state index in [1.54, 1.807) is 0 Å². The number of benzene rings is 1. The zero-order valence-corrected chi connectivity index (χ0v) is 14.0. The highest BCUT2D eigenvalue weighted by Gasteiger charge is 2.29. The Bertz CT molecular complexity index is 927. The summed E-state index contributed by atoms with van der Waals surface area (Å²) in [4.78, 5) is 25.5. The van der Waals surface area contributed by atoms with Gasteiger partial charge in [0.1, 0.15) is 9.71 Å². The van der Waals surface area contributed by atoms with Gasteiger partial charge in [0.15, 0.2) is 11.9 Å². The fourth-order valence-electron chi connectivity index (χ4n) is 2.99. The van der Waals surface area contributed by atoms with Gasteiger partial charge in [-0.1, -0.05) is 18.2 Å². The van der Waals surface area contributed by atoms with Crippen molar-refractivity contribution < 1.29 is 14.3 Å². The molecular weight excluding hydrogens is 324 g/mol. The van der Waals surface area contributed by atoms with Crippen molar-refractivity contribution in [1.29, 1.82) is 0 Å². The smallest absolute Gasteiger partial charge is 0.349 e. The Morgan fingerprint density at radius 2 is 2.12 bits per heavy atom. The normalized spacial score (nSPS) is 17.5. The Balaban J connectivity index is 1.68. The van der Waals surface area contributed by atoms with Crippen molar-refractivity contribution >= 4 is 33.3 Å². The Labute approximate surface area is 142 Å². The highest BCUT2D eigenvalue weighted by molar-refractivity contribution is 7.20. The molecule has 1 saturated carbocycles. The van der Waals surface area contributed by atoms with Crippen LogP contribution in [0.1, 0.15) is 34.6 Å². The molecule has 1 atom stereocenters. The van der Waals surface area contributed by atoms with E-state index >= 15 is 0 Å². The quantitative estimate of drug-likeness (QED) is 0.683. The molecule has 0 bridgehead atoms. The van der Waals surface area contributed by atoms with Crippen molar-refractivity contribution in [3.63, 3.8) is 0 Å². The maximum atomic E-state index is 12.4. The fourth-order valence-corrected chi connectivity index (χ4v) is 4.05. The first-order chi connectivity index (χ1) is 11.6. The van der Waals surface area contributed by atoms with Crippen LogP contribution in [-0.4, -0.2) is 27.6 Å². The number of thiophene rings is 1. The van der Waals surface area contributed by atoms with Crippen molar-refractivity contribution in [2.45, 2.75) is 32.3 Å². The highest BCUT2D eigenvalue weighted by Crippen LogP contribution is 2.31. The van der Waals surface area contributed by atoms with Crippen molar-refractivity contribution in [1.82, 2.24) is 9.78 Å². The molecule has 1 fully saturated rings. The summed E-state index contributed by atoms with van der Waals surface area (Å²) in [7, 11) is 0. The minimum atomic E-state index is -0.575. The van der Waals surface area contributed by atoms with Crippen LogP contribution in [0.25, 0.3) is 15.9 Å². The molecule has 0 saturated heterocycles. The third-order valence-corrected chi connectivity index (χ3v) is 5.34. The number of carbonyl (C=O) groups is 2. The zero-order valence-electron chi connectivity index (χ0n) is 13.2. The lowest BCUT2D eigenvalue weighted by atomic mass is 10.3. The number of ether oxygens (including phenoxy) is 1. The third kappa shape index (κ3) is 2.53. The number of Topliss-reactive ketones (excluding diaryl/α,β-unsaturated/α-hetero) is 1.